The van der Waals surface area contributed by atoms with E-state index >= 15 is 0 Å². The summed E-state index contributed by atoms with van der Waals surface area (Å²) in [6, 6.07) is 13.5. The van der Waals surface area contributed by atoms with Gasteiger partial charge in [0, 0.05) is 29.2 Å². The maximum atomic E-state index is 6.20. The molecule has 1 aliphatic heterocycles. The highest BCUT2D eigenvalue weighted by Crippen LogP contribution is 2.30. The van der Waals surface area contributed by atoms with Crippen molar-refractivity contribution in [3.63, 3.8) is 0 Å². The Morgan fingerprint density at radius 3 is 2.62 bits per heavy atom. The minimum absolute atomic E-state index is 0.382. The van der Waals surface area contributed by atoms with Crippen molar-refractivity contribution in [2.75, 3.05) is 32.9 Å². The number of nitrogens with zero attached hydrogens (tertiary/aromatic N) is 1. The van der Waals surface area contributed by atoms with Gasteiger partial charge in [-0.15, -0.1) is 0 Å². The SMILES string of the molecule is CCOc1cc(C(=S)N2CCOCC2)ccc1OCc1ccccc1Cl. The maximum Gasteiger partial charge on any atom is 0.161 e. The first-order valence-electron chi connectivity index (χ1n) is 8.69. The third-order valence-corrected chi connectivity index (χ3v) is 4.99. The van der Waals surface area contributed by atoms with E-state index in [0.717, 1.165) is 29.2 Å². The second-order valence-electron chi connectivity index (χ2n) is 5.88. The lowest BCUT2D eigenvalue weighted by Gasteiger charge is -2.29. The average Bonchev–Trinajstić information content (AvgIpc) is 2.68. The third kappa shape index (κ3) is 4.67. The van der Waals surface area contributed by atoms with Gasteiger partial charge in [-0.3, -0.25) is 0 Å². The van der Waals surface area contributed by atoms with Gasteiger partial charge in [0.25, 0.3) is 0 Å². The molecule has 2 aromatic rings. The van der Waals surface area contributed by atoms with Crippen molar-refractivity contribution >= 4 is 28.8 Å². The van der Waals surface area contributed by atoms with Gasteiger partial charge in [-0.1, -0.05) is 42.0 Å². The van der Waals surface area contributed by atoms with Crippen LogP contribution in [-0.2, 0) is 11.3 Å². The molecule has 0 unspecified atom stereocenters. The summed E-state index contributed by atoms with van der Waals surface area (Å²) in [6.45, 7) is 5.92. The zero-order valence-electron chi connectivity index (χ0n) is 14.7. The van der Waals surface area contributed by atoms with Crippen molar-refractivity contribution in [1.82, 2.24) is 4.90 Å². The first-order chi connectivity index (χ1) is 12.7. The Bertz CT molecular complexity index is 762. The number of benzene rings is 2. The van der Waals surface area contributed by atoms with Crippen LogP contribution in [0.2, 0.25) is 5.02 Å². The molecular formula is C20H22ClNO3S. The Kier molecular flexibility index (Phi) is 6.72. The number of ether oxygens (including phenoxy) is 3. The Labute approximate surface area is 164 Å². The molecule has 0 atom stereocenters. The predicted molar refractivity (Wildman–Crippen MR) is 107 cm³/mol. The minimum atomic E-state index is 0.382. The van der Waals surface area contributed by atoms with Crippen LogP contribution in [0.4, 0.5) is 0 Å². The largest absolute Gasteiger partial charge is 0.490 e. The van der Waals surface area contributed by atoms with Gasteiger partial charge in [0.05, 0.1) is 19.8 Å². The Morgan fingerprint density at radius 1 is 1.12 bits per heavy atom. The molecule has 1 heterocycles. The van der Waals surface area contributed by atoms with Crippen molar-refractivity contribution in [3.05, 3.63) is 58.6 Å². The summed E-state index contributed by atoms with van der Waals surface area (Å²) >= 11 is 11.8. The number of hydrogen-bond donors (Lipinski definition) is 0. The molecule has 0 saturated carbocycles. The second kappa shape index (κ2) is 9.21. The Balaban J connectivity index is 1.75. The van der Waals surface area contributed by atoms with Crippen LogP contribution in [0.5, 0.6) is 11.5 Å². The van der Waals surface area contributed by atoms with Crippen LogP contribution in [0.1, 0.15) is 18.1 Å². The molecule has 0 spiro atoms. The number of morpholine rings is 1. The molecule has 0 N–H and O–H groups in total. The number of thiocarbonyl (C=S) groups is 1. The van der Waals surface area contributed by atoms with Gasteiger partial charge in [0.2, 0.25) is 0 Å². The van der Waals surface area contributed by atoms with E-state index in [4.69, 9.17) is 38.0 Å². The van der Waals surface area contributed by atoms with E-state index in [1.807, 2.05) is 49.4 Å². The summed E-state index contributed by atoms with van der Waals surface area (Å²) in [4.78, 5) is 2.97. The first kappa shape index (κ1) is 19.0. The predicted octanol–water partition coefficient (Wildman–Crippen LogP) is 4.33. The molecule has 0 amide bonds. The molecule has 138 valence electrons. The molecule has 6 heteroatoms. The van der Waals surface area contributed by atoms with E-state index in [2.05, 4.69) is 4.90 Å². The zero-order chi connectivity index (χ0) is 18.4. The lowest BCUT2D eigenvalue weighted by Crippen LogP contribution is -2.40. The Morgan fingerprint density at radius 2 is 1.88 bits per heavy atom. The molecule has 26 heavy (non-hydrogen) atoms. The molecule has 1 fully saturated rings. The normalized spacial score (nSPS) is 14.2. The fraction of sp³-hybridized carbons (Fsp3) is 0.350. The third-order valence-electron chi connectivity index (χ3n) is 4.13. The molecule has 1 aliphatic rings. The lowest BCUT2D eigenvalue weighted by molar-refractivity contribution is 0.0693. The van der Waals surface area contributed by atoms with Gasteiger partial charge in [-0.25, -0.2) is 0 Å². The van der Waals surface area contributed by atoms with Gasteiger partial charge in [0.15, 0.2) is 11.5 Å². The summed E-state index contributed by atoms with van der Waals surface area (Å²) in [5, 5.41) is 0.690. The van der Waals surface area contributed by atoms with Crippen molar-refractivity contribution < 1.29 is 14.2 Å². The minimum Gasteiger partial charge on any atom is -0.490 e. The van der Waals surface area contributed by atoms with Crippen LogP contribution in [0.3, 0.4) is 0 Å². The highest BCUT2D eigenvalue weighted by molar-refractivity contribution is 7.80. The summed E-state index contributed by atoms with van der Waals surface area (Å²) in [6.07, 6.45) is 0. The van der Waals surface area contributed by atoms with Crippen molar-refractivity contribution in [1.29, 1.82) is 0 Å². The molecule has 0 bridgehead atoms. The fourth-order valence-electron chi connectivity index (χ4n) is 2.75. The van der Waals surface area contributed by atoms with Crippen molar-refractivity contribution in [2.45, 2.75) is 13.5 Å². The van der Waals surface area contributed by atoms with Crippen LogP contribution >= 0.6 is 23.8 Å². The molecule has 1 saturated heterocycles. The van der Waals surface area contributed by atoms with Gasteiger partial charge < -0.3 is 19.1 Å². The van der Waals surface area contributed by atoms with Crippen LogP contribution in [0.15, 0.2) is 42.5 Å². The highest BCUT2D eigenvalue weighted by atomic mass is 35.5. The molecule has 2 aromatic carbocycles. The summed E-state index contributed by atoms with van der Waals surface area (Å²) < 4.78 is 17.1. The molecule has 0 radical (unpaired) electrons. The van der Waals surface area contributed by atoms with Gasteiger partial charge in [-0.2, -0.15) is 0 Å². The molecule has 0 aliphatic carbocycles. The zero-order valence-corrected chi connectivity index (χ0v) is 16.3. The van der Waals surface area contributed by atoms with Gasteiger partial charge in [0.1, 0.15) is 11.6 Å². The quantitative estimate of drug-likeness (QED) is 0.684. The monoisotopic (exact) mass is 391 g/mol. The van der Waals surface area contributed by atoms with E-state index in [9.17, 15) is 0 Å². The van der Waals surface area contributed by atoms with E-state index in [0.29, 0.717) is 42.9 Å². The van der Waals surface area contributed by atoms with Gasteiger partial charge in [-0.05, 0) is 31.2 Å². The molecule has 0 aromatic heterocycles. The van der Waals surface area contributed by atoms with Crippen LogP contribution in [-0.4, -0.2) is 42.8 Å². The average molecular weight is 392 g/mol. The fourth-order valence-corrected chi connectivity index (χ4v) is 3.25. The van der Waals surface area contributed by atoms with E-state index < -0.39 is 0 Å². The smallest absolute Gasteiger partial charge is 0.161 e. The lowest BCUT2D eigenvalue weighted by atomic mass is 10.1. The van der Waals surface area contributed by atoms with E-state index in [-0.39, 0.29) is 0 Å². The van der Waals surface area contributed by atoms with Crippen LogP contribution in [0.25, 0.3) is 0 Å². The number of halogens is 1. The summed E-state index contributed by atoms with van der Waals surface area (Å²) in [7, 11) is 0. The number of rotatable bonds is 6. The van der Waals surface area contributed by atoms with Crippen molar-refractivity contribution in [2.24, 2.45) is 0 Å². The van der Waals surface area contributed by atoms with Crippen molar-refractivity contribution in [3.8, 4) is 11.5 Å². The Hall–Kier alpha value is -1.82. The van der Waals surface area contributed by atoms with Gasteiger partial charge >= 0.3 is 0 Å². The summed E-state index contributed by atoms with van der Waals surface area (Å²) in [5.41, 5.74) is 1.89. The van der Waals surface area contributed by atoms with Crippen LogP contribution < -0.4 is 9.47 Å². The van der Waals surface area contributed by atoms with E-state index in [1.54, 1.807) is 0 Å². The standard InChI is InChI=1S/C20H22ClNO3S/c1-2-24-19-13-15(20(26)22-9-11-23-12-10-22)7-8-18(19)25-14-16-5-3-4-6-17(16)21/h3-8,13H,2,9-12,14H2,1H3. The molecular weight excluding hydrogens is 370 g/mol. The topological polar surface area (TPSA) is 30.9 Å². The number of hydrogen-bond acceptors (Lipinski definition) is 4. The highest BCUT2D eigenvalue weighted by Gasteiger charge is 2.17. The molecule has 4 nitrogen and oxygen atoms in total. The van der Waals surface area contributed by atoms with Crippen LogP contribution in [0, 0.1) is 0 Å². The molecule has 3 rings (SSSR count). The van der Waals surface area contributed by atoms with E-state index in [1.165, 1.54) is 0 Å². The maximum absolute atomic E-state index is 6.20. The first-order valence-corrected chi connectivity index (χ1v) is 9.47. The summed E-state index contributed by atoms with van der Waals surface area (Å²) in [5.74, 6) is 1.37. The second-order valence-corrected chi connectivity index (χ2v) is 6.67.